The van der Waals surface area contributed by atoms with Gasteiger partial charge in [-0.3, -0.25) is 9.89 Å². The van der Waals surface area contributed by atoms with Crippen molar-refractivity contribution in [2.24, 2.45) is 11.5 Å². The zero-order valence-corrected chi connectivity index (χ0v) is 15.3. The highest BCUT2D eigenvalue weighted by atomic mass is 16.5. The molecule has 0 unspecified atom stereocenters. The van der Waals surface area contributed by atoms with Crippen molar-refractivity contribution < 1.29 is 23.7 Å². The highest BCUT2D eigenvalue weighted by Crippen LogP contribution is 2.44. The first-order valence-corrected chi connectivity index (χ1v) is 8.22. The van der Waals surface area contributed by atoms with E-state index in [1.54, 1.807) is 25.3 Å². The lowest BCUT2D eigenvalue weighted by Crippen LogP contribution is -2.22. The summed E-state index contributed by atoms with van der Waals surface area (Å²) in [7, 11) is 3.02. The summed E-state index contributed by atoms with van der Waals surface area (Å²) < 4.78 is 21.4. The van der Waals surface area contributed by atoms with E-state index in [0.29, 0.717) is 28.3 Å². The smallest absolute Gasteiger partial charge is 0.255 e. The third kappa shape index (κ3) is 3.43. The van der Waals surface area contributed by atoms with Gasteiger partial charge in [-0.2, -0.15) is 5.26 Å². The molecule has 0 bridgehead atoms. The van der Waals surface area contributed by atoms with E-state index >= 15 is 0 Å². The van der Waals surface area contributed by atoms with Crippen molar-refractivity contribution >= 4 is 5.91 Å². The molecule has 0 aliphatic carbocycles. The highest BCUT2D eigenvalue weighted by molar-refractivity contribution is 5.75. The molecule has 2 aromatic rings. The predicted octanol–water partition coefficient (Wildman–Crippen LogP) is 0.647. The van der Waals surface area contributed by atoms with Crippen LogP contribution in [0, 0.1) is 11.3 Å². The van der Waals surface area contributed by atoms with E-state index in [1.165, 1.54) is 7.11 Å². The lowest BCUT2D eigenvalue weighted by atomic mass is 9.84. The molecular weight excluding hydrogens is 366 g/mol. The third-order valence-electron chi connectivity index (χ3n) is 4.20. The second-order valence-corrected chi connectivity index (χ2v) is 5.94. The average Bonchev–Trinajstić information content (AvgIpc) is 3.07. The minimum Gasteiger partial charge on any atom is -0.493 e. The number of ether oxygens (including phenoxy) is 4. The van der Waals surface area contributed by atoms with Crippen LogP contribution in [0.15, 0.2) is 29.7 Å². The molecule has 1 aliphatic heterocycles. The number of methoxy groups -OCH3 is 2. The quantitative estimate of drug-likeness (QED) is 0.626. The minimum atomic E-state index is -0.606. The fourth-order valence-electron chi connectivity index (χ4n) is 3.03. The van der Waals surface area contributed by atoms with Gasteiger partial charge in [0.2, 0.25) is 11.8 Å². The van der Waals surface area contributed by atoms with Gasteiger partial charge in [0.15, 0.2) is 18.1 Å². The summed E-state index contributed by atoms with van der Waals surface area (Å²) in [4.78, 5) is 11.0. The number of carbonyl (C=O) groups is 1. The van der Waals surface area contributed by atoms with Crippen molar-refractivity contribution in [3.05, 3.63) is 46.5 Å². The van der Waals surface area contributed by atoms with Crippen molar-refractivity contribution in [3.63, 3.8) is 0 Å². The first kappa shape index (κ1) is 19.1. The number of primary amides is 1. The zero-order valence-electron chi connectivity index (χ0n) is 15.3. The van der Waals surface area contributed by atoms with Gasteiger partial charge in [0.25, 0.3) is 5.91 Å². The number of amides is 1. The van der Waals surface area contributed by atoms with Gasteiger partial charge < -0.3 is 30.4 Å². The Morgan fingerprint density at radius 1 is 1.39 bits per heavy atom. The van der Waals surface area contributed by atoms with E-state index in [1.807, 2.05) is 0 Å². The van der Waals surface area contributed by atoms with Gasteiger partial charge in [-0.15, -0.1) is 5.10 Å². The average molecular weight is 385 g/mol. The number of nitrogens with one attached hydrogen (secondary N) is 1. The number of nitriles is 1. The number of hydrogen-bond acceptors (Lipinski definition) is 8. The van der Waals surface area contributed by atoms with E-state index < -0.39 is 11.8 Å². The zero-order chi connectivity index (χ0) is 20.3. The molecule has 10 nitrogen and oxygen atoms in total. The van der Waals surface area contributed by atoms with E-state index in [0.717, 1.165) is 0 Å². The second-order valence-electron chi connectivity index (χ2n) is 5.94. The number of aromatic nitrogens is 2. The first-order valence-electron chi connectivity index (χ1n) is 8.22. The van der Waals surface area contributed by atoms with Crippen LogP contribution in [0.5, 0.6) is 17.4 Å². The molecule has 1 amide bonds. The van der Waals surface area contributed by atoms with Crippen molar-refractivity contribution in [1.29, 1.82) is 5.26 Å². The van der Waals surface area contributed by atoms with Crippen LogP contribution in [0.4, 0.5) is 0 Å². The van der Waals surface area contributed by atoms with Gasteiger partial charge in [-0.1, -0.05) is 6.07 Å². The Morgan fingerprint density at radius 3 is 2.82 bits per heavy atom. The summed E-state index contributed by atoms with van der Waals surface area (Å²) in [6, 6.07) is 7.18. The van der Waals surface area contributed by atoms with Gasteiger partial charge in [0, 0.05) is 7.11 Å². The van der Waals surface area contributed by atoms with Crippen LogP contribution >= 0.6 is 0 Å². The number of fused-ring (bicyclic) bond motifs is 1. The largest absolute Gasteiger partial charge is 0.493 e. The van der Waals surface area contributed by atoms with Crippen molar-refractivity contribution in [3.8, 4) is 23.4 Å². The molecule has 28 heavy (non-hydrogen) atoms. The Bertz CT molecular complexity index is 975. The molecule has 1 aliphatic rings. The van der Waals surface area contributed by atoms with E-state index in [2.05, 4.69) is 16.3 Å². The summed E-state index contributed by atoms with van der Waals surface area (Å²) in [5.41, 5.74) is 13.3. The lowest BCUT2D eigenvalue weighted by molar-refractivity contribution is -0.119. The van der Waals surface area contributed by atoms with E-state index in [-0.39, 0.29) is 30.5 Å². The van der Waals surface area contributed by atoms with Gasteiger partial charge in [0.1, 0.15) is 11.6 Å². The molecule has 0 saturated heterocycles. The number of allylic oxidation sites excluding steroid dienone is 1. The third-order valence-corrected chi connectivity index (χ3v) is 4.20. The molecule has 0 spiro atoms. The summed E-state index contributed by atoms with van der Waals surface area (Å²) in [6.45, 7) is -0.0368. The van der Waals surface area contributed by atoms with Crippen LogP contribution in [-0.4, -0.2) is 36.9 Å². The molecule has 2 heterocycles. The topological polar surface area (TPSA) is 158 Å². The maximum atomic E-state index is 11.0. The number of rotatable bonds is 7. The normalized spacial score (nSPS) is 15.4. The molecule has 146 valence electrons. The molecular formula is C18H19N5O5. The number of aromatic amines is 1. The SMILES string of the molecule is COCc1[nH]nc2c1[C@@H](c1ccc(OCC(N)=O)c(OC)c1)C(C#N)=C(N)O2. The Morgan fingerprint density at radius 2 is 2.18 bits per heavy atom. The van der Waals surface area contributed by atoms with Crippen LogP contribution in [0.1, 0.15) is 22.7 Å². The van der Waals surface area contributed by atoms with Crippen molar-refractivity contribution in [1.82, 2.24) is 10.2 Å². The molecule has 10 heteroatoms. The van der Waals surface area contributed by atoms with Crippen LogP contribution in [0.25, 0.3) is 0 Å². The van der Waals surface area contributed by atoms with Crippen LogP contribution in [0.3, 0.4) is 0 Å². The molecule has 5 N–H and O–H groups in total. The Kier molecular flexibility index (Phi) is 5.37. The van der Waals surface area contributed by atoms with Gasteiger partial charge >= 0.3 is 0 Å². The predicted molar refractivity (Wildman–Crippen MR) is 96.3 cm³/mol. The fourth-order valence-corrected chi connectivity index (χ4v) is 3.03. The molecule has 1 aromatic heterocycles. The highest BCUT2D eigenvalue weighted by Gasteiger charge is 2.35. The maximum Gasteiger partial charge on any atom is 0.255 e. The number of nitrogens with zero attached hydrogens (tertiary/aromatic N) is 2. The number of carbonyl (C=O) groups excluding carboxylic acids is 1. The molecule has 0 fully saturated rings. The number of H-pyrrole nitrogens is 1. The van der Waals surface area contributed by atoms with Gasteiger partial charge in [-0.25, -0.2) is 0 Å². The first-order chi connectivity index (χ1) is 13.5. The summed E-state index contributed by atoms with van der Waals surface area (Å²) in [6.07, 6.45) is 0. The number of nitrogens with two attached hydrogens (primary N) is 2. The van der Waals surface area contributed by atoms with E-state index in [4.69, 9.17) is 30.4 Å². The van der Waals surface area contributed by atoms with Gasteiger partial charge in [0.05, 0.1) is 30.9 Å². The Labute approximate surface area is 160 Å². The summed E-state index contributed by atoms with van der Waals surface area (Å²) in [5, 5.41) is 16.6. The minimum absolute atomic E-state index is 0.0245. The summed E-state index contributed by atoms with van der Waals surface area (Å²) in [5.74, 6) is -0.177. The Balaban J connectivity index is 2.10. The van der Waals surface area contributed by atoms with E-state index in [9.17, 15) is 10.1 Å². The van der Waals surface area contributed by atoms with Crippen molar-refractivity contribution in [2.75, 3.05) is 20.8 Å². The summed E-state index contributed by atoms with van der Waals surface area (Å²) >= 11 is 0. The molecule has 1 atom stereocenters. The Hall–Kier alpha value is -3.71. The molecule has 0 radical (unpaired) electrons. The van der Waals surface area contributed by atoms with Crippen LogP contribution in [0.2, 0.25) is 0 Å². The number of hydrogen-bond donors (Lipinski definition) is 3. The van der Waals surface area contributed by atoms with Crippen LogP contribution < -0.4 is 25.7 Å². The van der Waals surface area contributed by atoms with Crippen molar-refractivity contribution in [2.45, 2.75) is 12.5 Å². The maximum absolute atomic E-state index is 11.0. The van der Waals surface area contributed by atoms with Crippen LogP contribution in [-0.2, 0) is 16.1 Å². The molecule has 3 rings (SSSR count). The standard InChI is InChI=1S/C18H19N5O5/c1-25-7-11-16-15(10(6-19)17(21)28-18(16)23-22-11)9-3-4-12(13(5-9)26-2)27-8-14(20)24/h3-5,15H,7-8,21H2,1-2H3,(H2,20,24)(H,22,23)/t15-/m0/s1. The number of benzene rings is 1. The molecule has 1 aromatic carbocycles. The molecule has 0 saturated carbocycles. The second kappa shape index (κ2) is 7.89. The fraction of sp³-hybridized carbons (Fsp3) is 0.278. The lowest BCUT2D eigenvalue weighted by Gasteiger charge is -2.24. The monoisotopic (exact) mass is 385 g/mol. The van der Waals surface area contributed by atoms with Gasteiger partial charge in [-0.05, 0) is 17.7 Å².